The van der Waals surface area contributed by atoms with E-state index in [9.17, 15) is 9.59 Å². The van der Waals surface area contributed by atoms with Crippen LogP contribution >= 0.6 is 0 Å². The Morgan fingerprint density at radius 2 is 1.74 bits per heavy atom. The van der Waals surface area contributed by atoms with Gasteiger partial charge in [-0.3, -0.25) is 4.79 Å². The first-order chi connectivity index (χ1) is 16.6. The molecule has 0 unspecified atom stereocenters. The Labute approximate surface area is 206 Å². The number of hydrogen-bond acceptors (Lipinski definition) is 5. The van der Waals surface area contributed by atoms with E-state index in [0.29, 0.717) is 44.2 Å². The van der Waals surface area contributed by atoms with Gasteiger partial charge in [-0.1, -0.05) is 44.2 Å². The Hall–Kier alpha value is -3.55. The summed E-state index contributed by atoms with van der Waals surface area (Å²) < 4.78 is 11.2. The molecular formula is C27H34N4O4. The highest BCUT2D eigenvalue weighted by Crippen LogP contribution is 2.28. The maximum atomic E-state index is 13.4. The minimum absolute atomic E-state index is 0.106. The number of nitrogens with one attached hydrogen (secondary N) is 1. The van der Waals surface area contributed by atoms with Crippen LogP contribution in [0.4, 0.5) is 4.79 Å². The molecule has 8 heteroatoms. The van der Waals surface area contributed by atoms with Gasteiger partial charge in [0.25, 0.3) is 5.91 Å². The van der Waals surface area contributed by atoms with Crippen molar-refractivity contribution in [1.29, 1.82) is 0 Å². The first-order valence-electron chi connectivity index (χ1n) is 12.1. The highest BCUT2D eigenvalue weighted by molar-refractivity contribution is 5.94. The van der Waals surface area contributed by atoms with Gasteiger partial charge in [-0.05, 0) is 50.3 Å². The summed E-state index contributed by atoms with van der Waals surface area (Å²) in [7, 11) is 0. The number of amides is 2. The molecule has 1 aliphatic rings. The quantitative estimate of drug-likeness (QED) is 0.552. The monoisotopic (exact) mass is 478 g/mol. The van der Waals surface area contributed by atoms with Crippen molar-refractivity contribution in [2.75, 3.05) is 26.2 Å². The molecule has 0 bridgehead atoms. The van der Waals surface area contributed by atoms with Crippen molar-refractivity contribution in [3.63, 3.8) is 0 Å². The highest BCUT2D eigenvalue weighted by atomic mass is 16.6. The van der Waals surface area contributed by atoms with Crippen LogP contribution in [0.5, 0.6) is 0 Å². The number of carbonyl (C=O) groups is 2. The molecule has 1 aromatic carbocycles. The van der Waals surface area contributed by atoms with E-state index >= 15 is 0 Å². The third-order valence-corrected chi connectivity index (χ3v) is 5.91. The smallest absolute Gasteiger partial charge is 0.410 e. The highest BCUT2D eigenvalue weighted by Gasteiger charge is 2.29. The molecule has 186 valence electrons. The first kappa shape index (κ1) is 24.6. The van der Waals surface area contributed by atoms with Crippen molar-refractivity contribution in [3.05, 3.63) is 65.2 Å². The van der Waals surface area contributed by atoms with Crippen molar-refractivity contribution in [3.8, 4) is 11.6 Å². The molecule has 1 fully saturated rings. The van der Waals surface area contributed by atoms with E-state index in [1.54, 1.807) is 16.1 Å². The predicted molar refractivity (Wildman–Crippen MR) is 133 cm³/mol. The molecule has 0 atom stereocenters. The third-order valence-electron chi connectivity index (χ3n) is 5.91. The van der Waals surface area contributed by atoms with Gasteiger partial charge in [0.15, 0.2) is 0 Å². The number of ether oxygens (including phenoxy) is 1. The molecule has 3 heterocycles. The summed E-state index contributed by atoms with van der Waals surface area (Å²) in [6, 6.07) is 12.0. The number of hydrogen-bond donors (Lipinski definition) is 1. The topological polar surface area (TPSA) is 91.7 Å². The fourth-order valence-electron chi connectivity index (χ4n) is 4.01. The van der Waals surface area contributed by atoms with E-state index in [1.165, 1.54) is 0 Å². The lowest BCUT2D eigenvalue weighted by atomic mass is 10.0. The van der Waals surface area contributed by atoms with Crippen molar-refractivity contribution in [1.82, 2.24) is 19.8 Å². The number of benzene rings is 1. The summed E-state index contributed by atoms with van der Waals surface area (Å²) in [6.45, 7) is 11.4. The fraction of sp³-hybridized carbons (Fsp3) is 0.444. The molecule has 2 amide bonds. The van der Waals surface area contributed by atoms with Gasteiger partial charge in [-0.2, -0.15) is 0 Å². The maximum Gasteiger partial charge on any atom is 0.410 e. The normalized spacial score (nSPS) is 14.5. The largest absolute Gasteiger partial charge is 0.444 e. The van der Waals surface area contributed by atoms with E-state index < -0.39 is 5.60 Å². The molecule has 1 aliphatic heterocycles. The number of oxazole rings is 1. The van der Waals surface area contributed by atoms with Crippen molar-refractivity contribution in [2.24, 2.45) is 0 Å². The average molecular weight is 479 g/mol. The number of H-pyrrole nitrogens is 1. The van der Waals surface area contributed by atoms with Crippen LogP contribution in [0.2, 0.25) is 0 Å². The molecule has 0 radical (unpaired) electrons. The molecule has 1 N–H and O–H groups in total. The van der Waals surface area contributed by atoms with Gasteiger partial charge in [-0.15, -0.1) is 0 Å². The minimum Gasteiger partial charge on any atom is -0.444 e. The zero-order valence-corrected chi connectivity index (χ0v) is 21.1. The third kappa shape index (κ3) is 5.93. The predicted octanol–water partition coefficient (Wildman–Crippen LogP) is 5.08. The lowest BCUT2D eigenvalue weighted by molar-refractivity contribution is 0.0140. The first-order valence-corrected chi connectivity index (χ1v) is 12.1. The molecule has 0 saturated carbocycles. The summed E-state index contributed by atoms with van der Waals surface area (Å²) in [5.41, 5.74) is 3.61. The number of rotatable bonds is 5. The Kier molecular flexibility index (Phi) is 7.00. The Bertz CT molecular complexity index is 1170. The lowest BCUT2D eigenvalue weighted by Gasteiger charge is -2.35. The van der Waals surface area contributed by atoms with E-state index in [4.69, 9.17) is 9.15 Å². The van der Waals surface area contributed by atoms with E-state index in [-0.39, 0.29) is 17.9 Å². The lowest BCUT2D eigenvalue weighted by Crippen LogP contribution is -2.51. The fourth-order valence-corrected chi connectivity index (χ4v) is 4.01. The summed E-state index contributed by atoms with van der Waals surface area (Å²) in [6.07, 6.45) is 1.97. The zero-order chi connectivity index (χ0) is 25.2. The van der Waals surface area contributed by atoms with E-state index in [1.807, 2.05) is 45.0 Å². The van der Waals surface area contributed by atoms with Crippen LogP contribution in [0.3, 0.4) is 0 Å². The number of nitrogens with zero attached hydrogens (tertiary/aromatic N) is 3. The summed E-state index contributed by atoms with van der Waals surface area (Å²) in [4.78, 5) is 37.1. The van der Waals surface area contributed by atoms with E-state index in [2.05, 4.69) is 35.9 Å². The molecule has 4 rings (SSSR count). The summed E-state index contributed by atoms with van der Waals surface area (Å²) in [5, 5.41) is 0. The number of aromatic nitrogens is 2. The van der Waals surface area contributed by atoms with Crippen molar-refractivity contribution >= 4 is 12.0 Å². The van der Waals surface area contributed by atoms with Gasteiger partial charge in [0, 0.05) is 26.2 Å². The standard InChI is InChI=1S/C27H34N4O4/c1-18(2)22-17-34-24(29-22)23-20(15-19-9-7-6-8-10-19)16-21(28-23)25(32)30-11-13-31(14-12-30)26(33)35-27(3,4)5/h6-10,16-18,28H,11-15H2,1-5H3. The Balaban J connectivity index is 1.53. The van der Waals surface area contributed by atoms with Crippen LogP contribution in [0.25, 0.3) is 11.6 Å². The summed E-state index contributed by atoms with van der Waals surface area (Å²) in [5.74, 6) is 0.612. The van der Waals surface area contributed by atoms with Crippen LogP contribution in [0.1, 0.15) is 67.8 Å². The van der Waals surface area contributed by atoms with Gasteiger partial charge in [0.05, 0.1) is 5.69 Å². The van der Waals surface area contributed by atoms with Gasteiger partial charge in [0.2, 0.25) is 5.89 Å². The number of carbonyl (C=O) groups excluding carboxylic acids is 2. The minimum atomic E-state index is -0.546. The molecule has 2 aromatic heterocycles. The van der Waals surface area contributed by atoms with Crippen LogP contribution in [-0.2, 0) is 11.2 Å². The SMILES string of the molecule is CC(C)c1coc(-c2[nH]c(C(=O)N3CCN(C(=O)OC(C)(C)C)CC3)cc2Cc2ccccc2)n1. The summed E-state index contributed by atoms with van der Waals surface area (Å²) >= 11 is 0. The van der Waals surface area contributed by atoms with Gasteiger partial charge in [0.1, 0.15) is 23.3 Å². The molecule has 0 spiro atoms. The molecule has 35 heavy (non-hydrogen) atoms. The van der Waals surface area contributed by atoms with Crippen LogP contribution in [0.15, 0.2) is 47.1 Å². The van der Waals surface area contributed by atoms with Gasteiger partial charge < -0.3 is 23.9 Å². The molecule has 3 aromatic rings. The van der Waals surface area contributed by atoms with Crippen LogP contribution in [-0.4, -0.2) is 63.5 Å². The Morgan fingerprint density at radius 3 is 2.34 bits per heavy atom. The van der Waals surface area contributed by atoms with Gasteiger partial charge >= 0.3 is 6.09 Å². The average Bonchev–Trinajstić information content (AvgIpc) is 3.46. The van der Waals surface area contributed by atoms with Crippen LogP contribution < -0.4 is 0 Å². The number of aromatic amines is 1. The van der Waals surface area contributed by atoms with Crippen molar-refractivity contribution in [2.45, 2.75) is 52.6 Å². The second-order valence-corrected chi connectivity index (χ2v) is 10.2. The van der Waals surface area contributed by atoms with E-state index in [0.717, 1.165) is 22.5 Å². The molecule has 8 nitrogen and oxygen atoms in total. The Morgan fingerprint density at radius 1 is 1.09 bits per heavy atom. The second kappa shape index (κ2) is 9.98. The molecular weight excluding hydrogens is 444 g/mol. The maximum absolute atomic E-state index is 13.4. The van der Waals surface area contributed by atoms with Crippen molar-refractivity contribution < 1.29 is 18.7 Å². The van der Waals surface area contributed by atoms with Gasteiger partial charge in [-0.25, -0.2) is 9.78 Å². The number of piperazine rings is 1. The van der Waals surface area contributed by atoms with Crippen LogP contribution in [0, 0.1) is 0 Å². The molecule has 1 saturated heterocycles. The molecule has 0 aliphatic carbocycles. The second-order valence-electron chi connectivity index (χ2n) is 10.2. The zero-order valence-electron chi connectivity index (χ0n) is 21.1.